The van der Waals surface area contributed by atoms with Crippen LogP contribution in [-0.2, 0) is 0 Å². The van der Waals surface area contributed by atoms with E-state index in [2.05, 4.69) is 76.3 Å². The molecule has 240 valence electrons. The van der Waals surface area contributed by atoms with Gasteiger partial charge in [-0.15, -0.1) is 0 Å². The van der Waals surface area contributed by atoms with E-state index in [0.717, 1.165) is 24.7 Å². The van der Waals surface area contributed by atoms with E-state index in [1.54, 1.807) is 0 Å². The summed E-state index contributed by atoms with van der Waals surface area (Å²) in [6, 6.07) is 0. The zero-order valence-electron chi connectivity index (χ0n) is 28.9. The second-order valence-electron chi connectivity index (χ2n) is 13.2. The van der Waals surface area contributed by atoms with E-state index in [0.29, 0.717) is 0 Å². The third-order valence-corrected chi connectivity index (χ3v) is 8.43. The molecule has 0 aliphatic heterocycles. The van der Waals surface area contributed by atoms with Gasteiger partial charge >= 0.3 is 0 Å². The summed E-state index contributed by atoms with van der Waals surface area (Å²) in [5.74, 6) is 1.83. The molecule has 0 aliphatic carbocycles. The molecule has 0 radical (unpaired) electrons. The lowest BCUT2D eigenvalue weighted by Crippen LogP contribution is -2.05. The Morgan fingerprint density at radius 2 is 0.683 bits per heavy atom. The maximum atomic E-state index is 2.42. The van der Waals surface area contributed by atoms with Crippen LogP contribution in [0.15, 0.2) is 48.6 Å². The van der Waals surface area contributed by atoms with Gasteiger partial charge in [0.1, 0.15) is 0 Å². The molecule has 0 amide bonds. The van der Waals surface area contributed by atoms with Gasteiger partial charge in [0.15, 0.2) is 0 Å². The fourth-order valence-electron chi connectivity index (χ4n) is 5.89. The van der Waals surface area contributed by atoms with Crippen LogP contribution < -0.4 is 0 Å². The van der Waals surface area contributed by atoms with Gasteiger partial charge in [-0.1, -0.05) is 179 Å². The zero-order chi connectivity index (χ0) is 29.9. The summed E-state index contributed by atoms with van der Waals surface area (Å²) in [6.45, 7) is 9.39. The molecule has 0 unspecified atom stereocenters. The van der Waals surface area contributed by atoms with Crippen molar-refractivity contribution < 1.29 is 0 Å². The molecule has 0 aromatic heterocycles. The van der Waals surface area contributed by atoms with Crippen LogP contribution in [-0.4, -0.2) is 0 Å². The van der Waals surface area contributed by atoms with Crippen LogP contribution >= 0.6 is 0 Å². The van der Waals surface area contributed by atoms with Crippen LogP contribution in [0.4, 0.5) is 0 Å². The van der Waals surface area contributed by atoms with Gasteiger partial charge in [0.2, 0.25) is 0 Å². The fraction of sp³-hybridized carbons (Fsp3) is 0.805. The van der Waals surface area contributed by atoms with E-state index < -0.39 is 0 Å². The lowest BCUT2D eigenvalue weighted by molar-refractivity contribution is 0.338. The van der Waals surface area contributed by atoms with Crippen LogP contribution in [0.1, 0.15) is 201 Å². The summed E-state index contributed by atoms with van der Waals surface area (Å²) in [5.41, 5.74) is 0. The largest absolute Gasteiger partial charge is 0.0882 e. The first-order chi connectivity index (χ1) is 20.2. The molecule has 0 N–H and O–H groups in total. The topological polar surface area (TPSA) is 0 Å². The Bertz CT molecular complexity index is 541. The minimum absolute atomic E-state index is 0.856. The SMILES string of the molecule is CCCCC/C=C/C/C=C/CCCCCCCCC(CCCCCCCC/C=C/C/C=C/CCCCC)CC(C)C. The van der Waals surface area contributed by atoms with Crippen molar-refractivity contribution in [2.75, 3.05) is 0 Å². The molecule has 0 saturated carbocycles. The third-order valence-electron chi connectivity index (χ3n) is 8.43. The average Bonchev–Trinajstić information content (AvgIpc) is 2.96. The van der Waals surface area contributed by atoms with E-state index in [9.17, 15) is 0 Å². The minimum Gasteiger partial charge on any atom is -0.0882 e. The highest BCUT2D eigenvalue weighted by molar-refractivity contribution is 4.93. The molecule has 0 fully saturated rings. The quantitative estimate of drug-likeness (QED) is 0.0559. The molecule has 0 aromatic carbocycles. The number of allylic oxidation sites excluding steroid dienone is 8. The Hall–Kier alpha value is -1.04. The highest BCUT2D eigenvalue weighted by atomic mass is 14.2. The van der Waals surface area contributed by atoms with Gasteiger partial charge in [-0.05, 0) is 82.5 Å². The second kappa shape index (κ2) is 35.2. The Balaban J connectivity index is 3.62. The van der Waals surface area contributed by atoms with Gasteiger partial charge in [0, 0.05) is 0 Å². The number of hydrogen-bond acceptors (Lipinski definition) is 0. The molecule has 0 nitrogen and oxygen atoms in total. The standard InChI is InChI=1S/C41H76/c1-5-7-9-11-13-15-17-19-21-23-25-27-29-31-33-35-37-41(39-40(3)4)38-36-34-32-30-28-26-24-22-20-18-16-14-12-10-8-6-2/h13-16,19-22,40-41H,5-12,17-18,23-39H2,1-4H3/b15-13+,16-14+,21-19+,22-20+. The number of unbranched alkanes of at least 4 members (excludes halogenated alkanes) is 18. The van der Waals surface area contributed by atoms with E-state index in [1.165, 1.54) is 161 Å². The molecule has 0 rings (SSSR count). The Kier molecular flexibility index (Phi) is 34.3. The first-order valence-electron chi connectivity index (χ1n) is 18.8. The Labute approximate surface area is 261 Å². The van der Waals surface area contributed by atoms with Gasteiger partial charge in [-0.25, -0.2) is 0 Å². The molecule has 0 saturated heterocycles. The van der Waals surface area contributed by atoms with Crippen LogP contribution in [0.2, 0.25) is 0 Å². The smallest absolute Gasteiger partial charge is 0.0169 e. The first kappa shape index (κ1) is 40.0. The molecular formula is C41H76. The van der Waals surface area contributed by atoms with Gasteiger partial charge in [0.05, 0.1) is 0 Å². The molecule has 41 heavy (non-hydrogen) atoms. The van der Waals surface area contributed by atoms with Crippen LogP contribution in [0.25, 0.3) is 0 Å². The van der Waals surface area contributed by atoms with Crippen molar-refractivity contribution in [2.24, 2.45) is 11.8 Å². The van der Waals surface area contributed by atoms with Crippen molar-refractivity contribution >= 4 is 0 Å². The molecule has 0 bridgehead atoms. The first-order valence-corrected chi connectivity index (χ1v) is 18.8. The Morgan fingerprint density at radius 1 is 0.366 bits per heavy atom. The van der Waals surface area contributed by atoms with Gasteiger partial charge < -0.3 is 0 Å². The highest BCUT2D eigenvalue weighted by Gasteiger charge is 2.10. The van der Waals surface area contributed by atoms with Gasteiger partial charge in [-0.3, -0.25) is 0 Å². The zero-order valence-corrected chi connectivity index (χ0v) is 28.9. The fourth-order valence-corrected chi connectivity index (χ4v) is 5.89. The van der Waals surface area contributed by atoms with E-state index in [1.807, 2.05) is 0 Å². The van der Waals surface area contributed by atoms with Crippen molar-refractivity contribution in [2.45, 2.75) is 201 Å². The normalized spacial score (nSPS) is 12.6. The summed E-state index contributed by atoms with van der Waals surface area (Å²) in [4.78, 5) is 0. The molecule has 0 spiro atoms. The summed E-state index contributed by atoms with van der Waals surface area (Å²) in [6.07, 6.45) is 55.9. The lowest BCUT2D eigenvalue weighted by atomic mass is 9.87. The Morgan fingerprint density at radius 3 is 1.02 bits per heavy atom. The van der Waals surface area contributed by atoms with Crippen molar-refractivity contribution in [3.8, 4) is 0 Å². The van der Waals surface area contributed by atoms with Crippen LogP contribution in [0.5, 0.6) is 0 Å². The summed E-state index contributed by atoms with van der Waals surface area (Å²) >= 11 is 0. The predicted molar refractivity (Wildman–Crippen MR) is 191 cm³/mol. The van der Waals surface area contributed by atoms with Crippen molar-refractivity contribution in [3.63, 3.8) is 0 Å². The summed E-state index contributed by atoms with van der Waals surface area (Å²) in [5, 5.41) is 0. The van der Waals surface area contributed by atoms with Crippen LogP contribution in [0.3, 0.4) is 0 Å². The van der Waals surface area contributed by atoms with E-state index in [-0.39, 0.29) is 0 Å². The summed E-state index contributed by atoms with van der Waals surface area (Å²) < 4.78 is 0. The average molecular weight is 569 g/mol. The molecule has 0 aliphatic rings. The second-order valence-corrected chi connectivity index (χ2v) is 13.2. The van der Waals surface area contributed by atoms with E-state index in [4.69, 9.17) is 0 Å². The third kappa shape index (κ3) is 35.1. The lowest BCUT2D eigenvalue weighted by Gasteiger charge is -2.19. The molecule has 0 heterocycles. The van der Waals surface area contributed by atoms with Crippen molar-refractivity contribution in [3.05, 3.63) is 48.6 Å². The van der Waals surface area contributed by atoms with Gasteiger partial charge in [0.25, 0.3) is 0 Å². The maximum Gasteiger partial charge on any atom is -0.0169 e. The molecular weight excluding hydrogens is 492 g/mol. The highest BCUT2D eigenvalue weighted by Crippen LogP contribution is 2.25. The predicted octanol–water partition coefficient (Wildman–Crippen LogP) is 15.1. The van der Waals surface area contributed by atoms with Crippen LogP contribution in [0, 0.1) is 11.8 Å². The van der Waals surface area contributed by atoms with Crippen molar-refractivity contribution in [1.29, 1.82) is 0 Å². The van der Waals surface area contributed by atoms with Crippen molar-refractivity contribution in [1.82, 2.24) is 0 Å². The number of hydrogen-bond donors (Lipinski definition) is 0. The van der Waals surface area contributed by atoms with E-state index >= 15 is 0 Å². The molecule has 0 heteroatoms. The van der Waals surface area contributed by atoms with Gasteiger partial charge in [-0.2, -0.15) is 0 Å². The molecule has 0 atom stereocenters. The summed E-state index contributed by atoms with van der Waals surface area (Å²) in [7, 11) is 0. The minimum atomic E-state index is 0.856. The monoisotopic (exact) mass is 569 g/mol. The maximum absolute atomic E-state index is 2.42. The molecule has 0 aromatic rings. The number of rotatable bonds is 32.